The quantitative estimate of drug-likeness (QED) is 0.425. The van der Waals surface area contributed by atoms with Crippen molar-refractivity contribution in [1.29, 1.82) is 0 Å². The monoisotopic (exact) mass is 414 g/mol. The van der Waals surface area contributed by atoms with Crippen LogP contribution in [0.15, 0.2) is 29.4 Å². The van der Waals surface area contributed by atoms with Gasteiger partial charge in [-0.1, -0.05) is 12.1 Å². The van der Waals surface area contributed by atoms with Gasteiger partial charge in [0.1, 0.15) is 5.00 Å². The highest BCUT2D eigenvalue weighted by molar-refractivity contribution is 7.17. The van der Waals surface area contributed by atoms with Crippen LogP contribution in [0.3, 0.4) is 0 Å². The number of ether oxygens (including phenoxy) is 1. The number of benzene rings is 1. The standard InChI is InChI=1S/C21H26N4O3S/c1-4-28-20(26)18-16-7-5-6-8-17(16)29-19(18)23-21(27)24-22-13-14-9-11-15(12-10-14)25(2)3/h9-13H,4-8H2,1-3H3,(H2,23,24,27)/b22-13+. The van der Waals surface area contributed by atoms with E-state index in [9.17, 15) is 9.59 Å². The molecule has 1 aliphatic carbocycles. The molecular formula is C21H26N4O3S. The average Bonchev–Trinajstić information content (AvgIpc) is 3.06. The van der Waals surface area contributed by atoms with Gasteiger partial charge in [-0.25, -0.2) is 15.0 Å². The fourth-order valence-corrected chi connectivity index (χ4v) is 4.50. The average molecular weight is 415 g/mol. The van der Waals surface area contributed by atoms with Gasteiger partial charge in [-0.05, 0) is 55.9 Å². The number of carbonyl (C=O) groups excluding carboxylic acids is 2. The molecule has 154 valence electrons. The molecule has 7 nitrogen and oxygen atoms in total. The number of carbonyl (C=O) groups is 2. The number of amides is 2. The zero-order valence-electron chi connectivity index (χ0n) is 16.9. The van der Waals surface area contributed by atoms with Crippen LogP contribution in [0.4, 0.5) is 15.5 Å². The van der Waals surface area contributed by atoms with Crippen LogP contribution >= 0.6 is 11.3 Å². The molecule has 0 spiro atoms. The maximum absolute atomic E-state index is 12.4. The minimum Gasteiger partial charge on any atom is -0.462 e. The molecule has 0 saturated carbocycles. The molecule has 2 amide bonds. The van der Waals surface area contributed by atoms with Gasteiger partial charge in [-0.3, -0.25) is 5.32 Å². The molecule has 1 aromatic heterocycles. The molecule has 29 heavy (non-hydrogen) atoms. The molecule has 0 unspecified atom stereocenters. The van der Waals surface area contributed by atoms with Crippen LogP contribution in [0, 0.1) is 0 Å². The number of hydrazone groups is 1. The van der Waals surface area contributed by atoms with Crippen molar-refractivity contribution < 1.29 is 14.3 Å². The number of rotatable bonds is 6. The molecule has 1 aliphatic rings. The van der Waals surface area contributed by atoms with Gasteiger partial charge < -0.3 is 9.64 Å². The van der Waals surface area contributed by atoms with Gasteiger partial charge in [0.2, 0.25) is 0 Å². The molecular weight excluding hydrogens is 388 g/mol. The minimum atomic E-state index is -0.490. The topological polar surface area (TPSA) is 83.0 Å². The van der Waals surface area contributed by atoms with Crippen LogP contribution in [0.2, 0.25) is 0 Å². The van der Waals surface area contributed by atoms with Crippen molar-refractivity contribution in [2.24, 2.45) is 5.10 Å². The number of nitrogens with zero attached hydrogens (tertiary/aromatic N) is 2. The molecule has 0 saturated heterocycles. The summed E-state index contributed by atoms with van der Waals surface area (Å²) in [4.78, 5) is 27.9. The number of aryl methyl sites for hydroxylation is 1. The highest BCUT2D eigenvalue weighted by Gasteiger charge is 2.27. The number of esters is 1. The summed E-state index contributed by atoms with van der Waals surface area (Å²) in [7, 11) is 3.95. The van der Waals surface area contributed by atoms with Crippen molar-refractivity contribution in [3.05, 3.63) is 45.8 Å². The van der Waals surface area contributed by atoms with E-state index in [1.165, 1.54) is 11.3 Å². The van der Waals surface area contributed by atoms with Crippen molar-refractivity contribution >= 4 is 40.2 Å². The van der Waals surface area contributed by atoms with Crippen LogP contribution in [-0.2, 0) is 17.6 Å². The Morgan fingerprint density at radius 1 is 1.21 bits per heavy atom. The normalized spacial score (nSPS) is 13.1. The number of nitrogens with one attached hydrogen (secondary N) is 2. The van der Waals surface area contributed by atoms with E-state index in [0.717, 1.165) is 47.4 Å². The second kappa shape index (κ2) is 9.56. The first-order valence-electron chi connectivity index (χ1n) is 9.68. The fourth-order valence-electron chi connectivity index (χ4n) is 3.23. The lowest BCUT2D eigenvalue weighted by atomic mass is 9.95. The first-order chi connectivity index (χ1) is 14.0. The van der Waals surface area contributed by atoms with Gasteiger partial charge in [0.05, 0.1) is 18.4 Å². The molecule has 0 bridgehead atoms. The van der Waals surface area contributed by atoms with Crippen molar-refractivity contribution in [3.63, 3.8) is 0 Å². The second-order valence-electron chi connectivity index (χ2n) is 6.95. The van der Waals surface area contributed by atoms with E-state index in [4.69, 9.17) is 4.74 Å². The molecule has 3 rings (SSSR count). The van der Waals surface area contributed by atoms with Gasteiger partial charge in [0.25, 0.3) is 0 Å². The Hall–Kier alpha value is -2.87. The Labute approximate surface area is 174 Å². The number of anilines is 2. The lowest BCUT2D eigenvalue weighted by Crippen LogP contribution is -2.25. The van der Waals surface area contributed by atoms with Crippen molar-refractivity contribution in [3.8, 4) is 0 Å². The number of urea groups is 1. The van der Waals surface area contributed by atoms with Crippen LogP contribution in [0.1, 0.15) is 46.1 Å². The molecule has 0 fully saturated rings. The summed E-state index contributed by atoms with van der Waals surface area (Å²) in [6, 6.07) is 7.30. The highest BCUT2D eigenvalue weighted by Crippen LogP contribution is 2.38. The summed E-state index contributed by atoms with van der Waals surface area (Å²) in [5, 5.41) is 7.28. The van der Waals surface area contributed by atoms with E-state index in [1.807, 2.05) is 43.3 Å². The zero-order chi connectivity index (χ0) is 20.8. The largest absolute Gasteiger partial charge is 0.462 e. The summed E-state index contributed by atoms with van der Waals surface area (Å²) in [6.45, 7) is 2.07. The molecule has 8 heteroatoms. The Morgan fingerprint density at radius 2 is 1.93 bits per heavy atom. The van der Waals surface area contributed by atoms with Crippen molar-refractivity contribution in [1.82, 2.24) is 5.43 Å². The predicted molar refractivity (Wildman–Crippen MR) is 117 cm³/mol. The van der Waals surface area contributed by atoms with Crippen molar-refractivity contribution in [2.45, 2.75) is 32.6 Å². The van der Waals surface area contributed by atoms with Crippen LogP contribution in [0.25, 0.3) is 0 Å². The third kappa shape index (κ3) is 5.14. The fraction of sp³-hybridized carbons (Fsp3) is 0.381. The molecule has 0 aliphatic heterocycles. The van der Waals surface area contributed by atoms with E-state index in [0.29, 0.717) is 17.2 Å². The maximum atomic E-state index is 12.4. The van der Waals surface area contributed by atoms with E-state index < -0.39 is 6.03 Å². The summed E-state index contributed by atoms with van der Waals surface area (Å²) < 4.78 is 5.20. The molecule has 2 N–H and O–H groups in total. The molecule has 0 atom stereocenters. The van der Waals surface area contributed by atoms with Crippen LogP contribution in [-0.4, -0.2) is 38.9 Å². The number of hydrogen-bond acceptors (Lipinski definition) is 6. The molecule has 0 radical (unpaired) electrons. The Bertz CT molecular complexity index is 903. The second-order valence-corrected chi connectivity index (χ2v) is 8.05. The summed E-state index contributed by atoms with van der Waals surface area (Å²) >= 11 is 1.45. The van der Waals surface area contributed by atoms with Crippen LogP contribution < -0.4 is 15.6 Å². The minimum absolute atomic E-state index is 0.298. The number of fused-ring (bicyclic) bond motifs is 1. The van der Waals surface area contributed by atoms with Crippen molar-refractivity contribution in [2.75, 3.05) is 30.9 Å². The van der Waals surface area contributed by atoms with Crippen LogP contribution in [0.5, 0.6) is 0 Å². The summed E-state index contributed by atoms with van der Waals surface area (Å²) in [5.74, 6) is -0.383. The molecule has 2 aromatic rings. The van der Waals surface area contributed by atoms with Gasteiger partial charge in [-0.2, -0.15) is 5.10 Å². The van der Waals surface area contributed by atoms with Gasteiger partial charge in [-0.15, -0.1) is 11.3 Å². The lowest BCUT2D eigenvalue weighted by Gasteiger charge is -2.12. The first-order valence-corrected chi connectivity index (χ1v) is 10.5. The van der Waals surface area contributed by atoms with Gasteiger partial charge in [0, 0.05) is 24.7 Å². The maximum Gasteiger partial charge on any atom is 0.341 e. The summed E-state index contributed by atoms with van der Waals surface area (Å²) in [6.07, 6.45) is 5.48. The van der Waals surface area contributed by atoms with E-state index >= 15 is 0 Å². The lowest BCUT2D eigenvalue weighted by molar-refractivity contribution is 0.0526. The van der Waals surface area contributed by atoms with Gasteiger partial charge >= 0.3 is 12.0 Å². The zero-order valence-corrected chi connectivity index (χ0v) is 17.8. The van der Waals surface area contributed by atoms with Gasteiger partial charge in [0.15, 0.2) is 0 Å². The molecule has 1 heterocycles. The first kappa shape index (κ1) is 20.9. The third-order valence-corrected chi connectivity index (χ3v) is 5.87. The van der Waals surface area contributed by atoms with E-state index in [1.54, 1.807) is 13.1 Å². The SMILES string of the molecule is CCOC(=O)c1c(NC(=O)N/N=C/c2ccc(N(C)C)cc2)sc2c1CCCC2. The smallest absolute Gasteiger partial charge is 0.341 e. The molecule has 1 aromatic carbocycles. The summed E-state index contributed by atoms with van der Waals surface area (Å²) in [5.41, 5.74) is 5.92. The Balaban J connectivity index is 1.67. The number of thiophene rings is 1. The van der Waals surface area contributed by atoms with E-state index in [-0.39, 0.29) is 5.97 Å². The Kier molecular flexibility index (Phi) is 6.87. The van der Waals surface area contributed by atoms with E-state index in [2.05, 4.69) is 15.8 Å². The number of hydrogen-bond donors (Lipinski definition) is 2. The third-order valence-electron chi connectivity index (χ3n) is 4.67. The highest BCUT2D eigenvalue weighted by atomic mass is 32.1. The predicted octanol–water partition coefficient (Wildman–Crippen LogP) is 4.03. The Morgan fingerprint density at radius 3 is 2.62 bits per heavy atom.